The molecule has 0 bridgehead atoms. The van der Waals surface area contributed by atoms with Gasteiger partial charge in [0.05, 0.1) is 4.88 Å². The maximum atomic E-state index is 11.5. The molecule has 0 unspecified atom stereocenters. The highest BCUT2D eigenvalue weighted by atomic mass is 32.1. The lowest BCUT2D eigenvalue weighted by Gasteiger charge is -2.01. The highest BCUT2D eigenvalue weighted by Gasteiger charge is 2.09. The second-order valence-electron chi connectivity index (χ2n) is 3.04. The van der Waals surface area contributed by atoms with Gasteiger partial charge in [0.15, 0.2) is 5.78 Å². The number of carbonyl (C=O) groups is 2. The van der Waals surface area contributed by atoms with Gasteiger partial charge in [-0.05, 0) is 11.4 Å². The highest BCUT2D eigenvalue weighted by molar-refractivity contribution is 7.12. The standard InChI is InChI=1S/C10H14N2O2S/c11-5-6-12-10(14)4-3-8(13)9-2-1-7-15-9/h1-2,7H,3-6,11H2,(H,12,14). The monoisotopic (exact) mass is 226 g/mol. The fourth-order valence-corrected chi connectivity index (χ4v) is 1.78. The van der Waals surface area contributed by atoms with E-state index in [-0.39, 0.29) is 24.5 Å². The first-order valence-corrected chi connectivity index (χ1v) is 5.65. The largest absolute Gasteiger partial charge is 0.355 e. The lowest BCUT2D eigenvalue weighted by Crippen LogP contribution is -2.29. The Morgan fingerprint density at radius 1 is 1.40 bits per heavy atom. The minimum atomic E-state index is -0.120. The summed E-state index contributed by atoms with van der Waals surface area (Å²) in [5.74, 6) is -0.0988. The maximum absolute atomic E-state index is 11.5. The van der Waals surface area contributed by atoms with E-state index in [9.17, 15) is 9.59 Å². The summed E-state index contributed by atoms with van der Waals surface area (Å²) in [4.78, 5) is 23.4. The summed E-state index contributed by atoms with van der Waals surface area (Å²) in [6.07, 6.45) is 0.494. The number of hydrogen-bond acceptors (Lipinski definition) is 4. The van der Waals surface area contributed by atoms with Crippen molar-refractivity contribution < 1.29 is 9.59 Å². The second kappa shape index (κ2) is 6.31. The molecule has 15 heavy (non-hydrogen) atoms. The molecule has 0 aliphatic heterocycles. The van der Waals surface area contributed by atoms with E-state index < -0.39 is 0 Å². The molecule has 1 amide bonds. The molecule has 1 rings (SSSR count). The van der Waals surface area contributed by atoms with Gasteiger partial charge in [-0.25, -0.2) is 0 Å². The molecule has 1 aromatic rings. The summed E-state index contributed by atoms with van der Waals surface area (Å²) in [5, 5.41) is 4.47. The van der Waals surface area contributed by atoms with Crippen molar-refractivity contribution in [2.45, 2.75) is 12.8 Å². The number of amides is 1. The van der Waals surface area contributed by atoms with Gasteiger partial charge in [-0.1, -0.05) is 6.07 Å². The van der Waals surface area contributed by atoms with Gasteiger partial charge in [-0.15, -0.1) is 11.3 Å². The van der Waals surface area contributed by atoms with Crippen molar-refractivity contribution in [2.75, 3.05) is 13.1 Å². The van der Waals surface area contributed by atoms with Crippen LogP contribution in [-0.4, -0.2) is 24.8 Å². The molecule has 0 aliphatic rings. The number of nitrogens with two attached hydrogens (primary N) is 1. The maximum Gasteiger partial charge on any atom is 0.220 e. The van der Waals surface area contributed by atoms with Crippen LogP contribution in [0.1, 0.15) is 22.5 Å². The summed E-state index contributed by atoms with van der Waals surface area (Å²) in [6, 6.07) is 3.59. The first-order valence-electron chi connectivity index (χ1n) is 4.77. The van der Waals surface area contributed by atoms with Gasteiger partial charge in [0, 0.05) is 25.9 Å². The number of ketones is 1. The number of thiophene rings is 1. The molecule has 82 valence electrons. The fourth-order valence-electron chi connectivity index (χ4n) is 1.09. The zero-order chi connectivity index (χ0) is 11.1. The Morgan fingerprint density at radius 3 is 2.80 bits per heavy atom. The Morgan fingerprint density at radius 2 is 2.20 bits per heavy atom. The Balaban J connectivity index is 2.25. The Kier molecular flexibility index (Phi) is 5.00. The Hall–Kier alpha value is -1.20. The van der Waals surface area contributed by atoms with Crippen molar-refractivity contribution in [3.8, 4) is 0 Å². The summed E-state index contributed by atoms with van der Waals surface area (Å²) in [6.45, 7) is 0.886. The average Bonchev–Trinajstić information content (AvgIpc) is 2.76. The molecule has 5 heteroatoms. The number of nitrogens with one attached hydrogen (secondary N) is 1. The summed E-state index contributed by atoms with van der Waals surface area (Å²) < 4.78 is 0. The van der Waals surface area contributed by atoms with Crippen LogP contribution in [0.15, 0.2) is 17.5 Å². The van der Waals surface area contributed by atoms with Crippen molar-refractivity contribution in [2.24, 2.45) is 5.73 Å². The van der Waals surface area contributed by atoms with Gasteiger partial charge in [-0.2, -0.15) is 0 Å². The van der Waals surface area contributed by atoms with Crippen LogP contribution in [0.3, 0.4) is 0 Å². The lowest BCUT2D eigenvalue weighted by atomic mass is 10.2. The summed E-state index contributed by atoms with van der Waals surface area (Å²) in [5.41, 5.74) is 5.23. The predicted octanol–water partition coefficient (Wildman–Crippen LogP) is 0.786. The third kappa shape index (κ3) is 4.22. The molecule has 0 atom stereocenters. The number of carbonyl (C=O) groups excluding carboxylic acids is 2. The minimum absolute atomic E-state index is 0.0212. The molecule has 0 saturated carbocycles. The second-order valence-corrected chi connectivity index (χ2v) is 3.99. The van der Waals surface area contributed by atoms with Crippen LogP contribution in [0, 0.1) is 0 Å². The number of hydrogen-bond donors (Lipinski definition) is 2. The molecule has 0 radical (unpaired) electrons. The lowest BCUT2D eigenvalue weighted by molar-refractivity contribution is -0.121. The zero-order valence-electron chi connectivity index (χ0n) is 8.36. The quantitative estimate of drug-likeness (QED) is 0.704. The van der Waals surface area contributed by atoms with Gasteiger partial charge in [0.25, 0.3) is 0 Å². The van der Waals surface area contributed by atoms with Gasteiger partial charge >= 0.3 is 0 Å². The molecule has 1 aromatic heterocycles. The molecule has 4 nitrogen and oxygen atoms in total. The van der Waals surface area contributed by atoms with Crippen molar-refractivity contribution in [1.29, 1.82) is 0 Å². The Labute approximate surface area is 92.5 Å². The third-order valence-electron chi connectivity index (χ3n) is 1.84. The number of Topliss-reactive ketones (excluding diaryl/α,β-unsaturated/α-hetero) is 1. The highest BCUT2D eigenvalue weighted by Crippen LogP contribution is 2.11. The molecular weight excluding hydrogens is 212 g/mol. The third-order valence-corrected chi connectivity index (χ3v) is 2.75. The van der Waals surface area contributed by atoms with Gasteiger partial charge < -0.3 is 11.1 Å². The fraction of sp³-hybridized carbons (Fsp3) is 0.400. The van der Waals surface area contributed by atoms with Crippen LogP contribution in [0.5, 0.6) is 0 Å². The van der Waals surface area contributed by atoms with Crippen LogP contribution in [0.4, 0.5) is 0 Å². The van der Waals surface area contributed by atoms with Crippen molar-refractivity contribution in [3.63, 3.8) is 0 Å². The molecule has 0 aliphatic carbocycles. The Bertz CT molecular complexity index is 322. The SMILES string of the molecule is NCCNC(=O)CCC(=O)c1cccs1. The van der Waals surface area contributed by atoms with Crippen LogP contribution in [0.25, 0.3) is 0 Å². The topological polar surface area (TPSA) is 72.2 Å². The van der Waals surface area contributed by atoms with E-state index >= 15 is 0 Å². The van der Waals surface area contributed by atoms with Crippen molar-refractivity contribution in [3.05, 3.63) is 22.4 Å². The van der Waals surface area contributed by atoms with Gasteiger partial charge in [0.1, 0.15) is 0 Å². The van der Waals surface area contributed by atoms with Crippen LogP contribution in [-0.2, 0) is 4.79 Å². The van der Waals surface area contributed by atoms with Crippen molar-refractivity contribution >= 4 is 23.0 Å². The molecular formula is C10H14N2O2S. The molecule has 0 fully saturated rings. The zero-order valence-corrected chi connectivity index (χ0v) is 9.18. The van der Waals surface area contributed by atoms with Crippen LogP contribution < -0.4 is 11.1 Å². The van der Waals surface area contributed by atoms with Crippen LogP contribution in [0.2, 0.25) is 0 Å². The van der Waals surface area contributed by atoms with E-state index in [4.69, 9.17) is 5.73 Å². The normalized spacial score (nSPS) is 9.93. The van der Waals surface area contributed by atoms with E-state index in [1.54, 1.807) is 6.07 Å². The predicted molar refractivity (Wildman–Crippen MR) is 59.9 cm³/mol. The van der Waals surface area contributed by atoms with Gasteiger partial charge in [0.2, 0.25) is 5.91 Å². The van der Waals surface area contributed by atoms with E-state index in [0.29, 0.717) is 18.0 Å². The summed E-state index contributed by atoms with van der Waals surface area (Å²) in [7, 11) is 0. The number of rotatable bonds is 6. The minimum Gasteiger partial charge on any atom is -0.355 e. The molecule has 1 heterocycles. The van der Waals surface area contributed by atoms with E-state index in [0.717, 1.165) is 0 Å². The first kappa shape index (κ1) is 11.9. The molecule has 0 spiro atoms. The first-order chi connectivity index (χ1) is 7.24. The van der Waals surface area contributed by atoms with Crippen LogP contribution >= 0.6 is 11.3 Å². The van der Waals surface area contributed by atoms with E-state index in [1.807, 2.05) is 11.4 Å². The van der Waals surface area contributed by atoms with E-state index in [1.165, 1.54) is 11.3 Å². The van der Waals surface area contributed by atoms with E-state index in [2.05, 4.69) is 5.32 Å². The molecule has 0 saturated heterocycles. The van der Waals surface area contributed by atoms with Crippen molar-refractivity contribution in [1.82, 2.24) is 5.32 Å². The molecule has 0 aromatic carbocycles. The summed E-state index contributed by atoms with van der Waals surface area (Å²) >= 11 is 1.40. The average molecular weight is 226 g/mol. The smallest absolute Gasteiger partial charge is 0.220 e. The molecule has 3 N–H and O–H groups in total. The van der Waals surface area contributed by atoms with Gasteiger partial charge in [-0.3, -0.25) is 9.59 Å².